The van der Waals surface area contributed by atoms with E-state index in [2.05, 4.69) is 45.2 Å². The number of hydrogen-bond donors (Lipinski definition) is 3. The van der Waals surface area contributed by atoms with Crippen LogP contribution < -0.4 is 5.32 Å². The lowest BCUT2D eigenvalue weighted by Gasteiger charge is -2.31. The molecular formula is C31H43N5O2. The minimum atomic E-state index is -0.170. The van der Waals surface area contributed by atoms with Gasteiger partial charge in [0.25, 0.3) is 0 Å². The van der Waals surface area contributed by atoms with Gasteiger partial charge in [0, 0.05) is 42.5 Å². The number of nitrogens with zero attached hydrogens (tertiary/aromatic N) is 4. The van der Waals surface area contributed by atoms with Gasteiger partial charge in [-0.1, -0.05) is 37.1 Å². The van der Waals surface area contributed by atoms with E-state index in [4.69, 9.17) is 9.97 Å². The predicted octanol–water partition coefficient (Wildman–Crippen LogP) is 5.03. The van der Waals surface area contributed by atoms with E-state index in [1.165, 1.54) is 48.8 Å². The Balaban J connectivity index is 1.21. The predicted molar refractivity (Wildman–Crippen MR) is 152 cm³/mol. The molecule has 3 heterocycles. The van der Waals surface area contributed by atoms with Gasteiger partial charge in [0.05, 0.1) is 12.7 Å². The summed E-state index contributed by atoms with van der Waals surface area (Å²) < 4.78 is 2.36. The molecule has 2 aliphatic carbocycles. The summed E-state index contributed by atoms with van der Waals surface area (Å²) in [5, 5.41) is 23.8. The third kappa shape index (κ3) is 6.05. The van der Waals surface area contributed by atoms with Crippen molar-refractivity contribution in [2.45, 2.75) is 76.4 Å². The molecule has 7 nitrogen and oxygen atoms in total. The van der Waals surface area contributed by atoms with E-state index in [1.54, 1.807) is 0 Å². The lowest BCUT2D eigenvalue weighted by molar-refractivity contribution is 0.111. The smallest absolute Gasteiger partial charge is 0.224 e. The number of hydrogen-bond acceptors (Lipinski definition) is 6. The second kappa shape index (κ2) is 11.7. The zero-order chi connectivity index (χ0) is 25.9. The average molecular weight is 518 g/mol. The van der Waals surface area contributed by atoms with Crippen molar-refractivity contribution in [2.24, 2.45) is 11.8 Å². The van der Waals surface area contributed by atoms with Crippen LogP contribution in [0, 0.1) is 11.8 Å². The summed E-state index contributed by atoms with van der Waals surface area (Å²) in [6.07, 6.45) is 15.2. The van der Waals surface area contributed by atoms with Gasteiger partial charge in [-0.25, -0.2) is 4.98 Å². The summed E-state index contributed by atoms with van der Waals surface area (Å²) in [6.45, 7) is 4.19. The van der Waals surface area contributed by atoms with Crippen LogP contribution in [0.3, 0.4) is 0 Å². The highest BCUT2D eigenvalue weighted by Gasteiger charge is 2.25. The zero-order valence-corrected chi connectivity index (χ0v) is 22.6. The van der Waals surface area contributed by atoms with Crippen LogP contribution in [-0.4, -0.2) is 68.5 Å². The van der Waals surface area contributed by atoms with Gasteiger partial charge >= 0.3 is 0 Å². The normalized spacial score (nSPS) is 23.2. The van der Waals surface area contributed by atoms with Crippen LogP contribution in [0.15, 0.2) is 36.7 Å². The third-order valence-corrected chi connectivity index (χ3v) is 9.08. The number of piperidine rings is 1. The van der Waals surface area contributed by atoms with Crippen molar-refractivity contribution in [1.82, 2.24) is 19.4 Å². The Kier molecular flexibility index (Phi) is 7.95. The highest BCUT2D eigenvalue weighted by atomic mass is 16.3. The fourth-order valence-electron chi connectivity index (χ4n) is 6.46. The van der Waals surface area contributed by atoms with E-state index in [1.807, 2.05) is 6.20 Å². The van der Waals surface area contributed by atoms with Crippen LogP contribution in [0.2, 0.25) is 0 Å². The van der Waals surface area contributed by atoms with Gasteiger partial charge in [-0.05, 0) is 87.4 Å². The van der Waals surface area contributed by atoms with E-state index < -0.39 is 0 Å². The molecule has 0 atom stereocenters. The SMILES string of the molecule is OCCN1CCC(Cc2ccc(-c3cn([C@H]4CC[C@H](O)CC4)c4nc(NCCC5CC5)ncc34)cc2)CC1. The summed E-state index contributed by atoms with van der Waals surface area (Å²) >= 11 is 0. The number of anilines is 1. The number of aliphatic hydroxyl groups excluding tert-OH is 2. The van der Waals surface area contributed by atoms with Crippen molar-refractivity contribution in [2.75, 3.05) is 38.1 Å². The van der Waals surface area contributed by atoms with Crippen LogP contribution in [0.4, 0.5) is 5.95 Å². The largest absolute Gasteiger partial charge is 0.395 e. The molecule has 0 spiro atoms. The molecular weight excluding hydrogens is 474 g/mol. The van der Waals surface area contributed by atoms with Gasteiger partial charge in [0.15, 0.2) is 0 Å². The van der Waals surface area contributed by atoms with Crippen molar-refractivity contribution in [3.8, 4) is 11.1 Å². The van der Waals surface area contributed by atoms with Crippen molar-refractivity contribution in [3.05, 3.63) is 42.2 Å². The number of aliphatic hydroxyl groups is 2. The number of fused-ring (bicyclic) bond motifs is 1. The summed E-state index contributed by atoms with van der Waals surface area (Å²) in [6, 6.07) is 9.48. The molecule has 3 fully saturated rings. The fraction of sp³-hybridized carbons (Fsp3) is 0.613. The number of likely N-dealkylation sites (tertiary alicyclic amines) is 1. The molecule has 3 N–H and O–H groups in total. The molecule has 7 heteroatoms. The maximum atomic E-state index is 10.1. The third-order valence-electron chi connectivity index (χ3n) is 9.08. The molecule has 6 rings (SSSR count). The molecule has 204 valence electrons. The van der Waals surface area contributed by atoms with Crippen molar-refractivity contribution >= 4 is 17.0 Å². The van der Waals surface area contributed by atoms with Crippen LogP contribution in [-0.2, 0) is 6.42 Å². The summed E-state index contributed by atoms with van der Waals surface area (Å²) in [7, 11) is 0. The van der Waals surface area contributed by atoms with Crippen molar-refractivity contribution in [1.29, 1.82) is 0 Å². The Bertz CT molecular complexity index is 1190. The van der Waals surface area contributed by atoms with Gasteiger partial charge < -0.3 is 25.0 Å². The average Bonchev–Trinajstić information content (AvgIpc) is 3.69. The van der Waals surface area contributed by atoms with Gasteiger partial charge in [0.1, 0.15) is 5.65 Å². The standard InChI is InChI=1S/C31H43N5O2/c37-18-17-35-15-12-24(13-16-35)19-23-3-5-25(6-4-23)29-21-36(26-7-9-27(38)10-8-26)30-28(29)20-33-31(34-30)32-14-11-22-1-2-22/h3-6,20-22,24,26-27,37-38H,1-2,7-19H2,(H,32,33,34)/t26-,27-. The second-order valence-electron chi connectivity index (χ2n) is 11.9. The summed E-state index contributed by atoms with van der Waals surface area (Å²) in [5.41, 5.74) is 4.81. The van der Waals surface area contributed by atoms with Crippen LogP contribution >= 0.6 is 0 Å². The first kappa shape index (κ1) is 25.8. The van der Waals surface area contributed by atoms with Gasteiger partial charge in [-0.2, -0.15) is 4.98 Å². The first-order valence-electron chi connectivity index (χ1n) is 14.9. The number of rotatable bonds is 10. The topological polar surface area (TPSA) is 86.4 Å². The van der Waals surface area contributed by atoms with Crippen LogP contribution in [0.5, 0.6) is 0 Å². The van der Waals surface area contributed by atoms with E-state index >= 15 is 0 Å². The number of aromatic nitrogens is 3. The molecule has 2 aromatic heterocycles. The lowest BCUT2D eigenvalue weighted by atomic mass is 9.89. The molecule has 2 saturated carbocycles. The number of β-amino-alcohol motifs (C(OH)–C–C–N with tert-alkyl or cyclic N) is 1. The van der Waals surface area contributed by atoms with E-state index in [0.717, 1.165) is 87.1 Å². The Morgan fingerprint density at radius 3 is 2.39 bits per heavy atom. The first-order valence-corrected chi connectivity index (χ1v) is 14.9. The zero-order valence-electron chi connectivity index (χ0n) is 22.6. The lowest BCUT2D eigenvalue weighted by Crippen LogP contribution is -2.36. The Morgan fingerprint density at radius 2 is 1.68 bits per heavy atom. The van der Waals surface area contributed by atoms with E-state index in [0.29, 0.717) is 6.04 Å². The highest BCUT2D eigenvalue weighted by molar-refractivity contribution is 5.94. The van der Waals surface area contributed by atoms with Gasteiger partial charge in [0.2, 0.25) is 5.95 Å². The van der Waals surface area contributed by atoms with E-state index in [9.17, 15) is 10.2 Å². The van der Waals surface area contributed by atoms with E-state index in [-0.39, 0.29) is 12.7 Å². The maximum Gasteiger partial charge on any atom is 0.224 e. The number of nitrogens with one attached hydrogen (secondary N) is 1. The minimum Gasteiger partial charge on any atom is -0.395 e. The molecule has 38 heavy (non-hydrogen) atoms. The summed E-state index contributed by atoms with van der Waals surface area (Å²) in [5.74, 6) is 2.33. The van der Waals surface area contributed by atoms with Crippen LogP contribution in [0.1, 0.15) is 69.4 Å². The highest BCUT2D eigenvalue weighted by Crippen LogP contribution is 2.37. The molecule has 3 aliphatic rings. The molecule has 1 aliphatic heterocycles. The van der Waals surface area contributed by atoms with Crippen molar-refractivity contribution in [3.63, 3.8) is 0 Å². The maximum absolute atomic E-state index is 10.1. The second-order valence-corrected chi connectivity index (χ2v) is 11.9. The first-order chi connectivity index (χ1) is 18.7. The fourth-order valence-corrected chi connectivity index (χ4v) is 6.46. The molecule has 0 bridgehead atoms. The molecule has 1 aromatic carbocycles. The molecule has 1 saturated heterocycles. The minimum absolute atomic E-state index is 0.170. The number of benzene rings is 1. The Hall–Kier alpha value is -2.48. The van der Waals surface area contributed by atoms with Gasteiger partial charge in [-0.15, -0.1) is 0 Å². The van der Waals surface area contributed by atoms with Gasteiger partial charge in [-0.3, -0.25) is 0 Å². The van der Waals surface area contributed by atoms with Crippen LogP contribution in [0.25, 0.3) is 22.2 Å². The monoisotopic (exact) mass is 517 g/mol. The molecule has 3 aromatic rings. The molecule has 0 amide bonds. The Morgan fingerprint density at radius 1 is 0.921 bits per heavy atom. The molecule has 0 unspecified atom stereocenters. The Labute approximate surface area is 226 Å². The quantitative estimate of drug-likeness (QED) is 0.350. The molecule has 0 radical (unpaired) electrons. The van der Waals surface area contributed by atoms with Crippen molar-refractivity contribution < 1.29 is 10.2 Å². The summed E-state index contributed by atoms with van der Waals surface area (Å²) in [4.78, 5) is 12.1.